The summed E-state index contributed by atoms with van der Waals surface area (Å²) in [5.41, 5.74) is -0.428. The zero-order chi connectivity index (χ0) is 17.1. The second kappa shape index (κ2) is 6.64. The molecule has 0 bridgehead atoms. The summed E-state index contributed by atoms with van der Waals surface area (Å²) in [7, 11) is -3.31. The number of urea groups is 1. The second-order valence-electron chi connectivity index (χ2n) is 6.88. The maximum Gasteiger partial charge on any atom is 0.315 e. The van der Waals surface area contributed by atoms with Gasteiger partial charge < -0.3 is 15.7 Å². The van der Waals surface area contributed by atoms with Crippen LogP contribution in [0.15, 0.2) is 0 Å². The van der Waals surface area contributed by atoms with E-state index < -0.39 is 38.0 Å². The molecule has 0 saturated heterocycles. The summed E-state index contributed by atoms with van der Waals surface area (Å²) in [5, 5.41) is 13.9. The van der Waals surface area contributed by atoms with E-state index in [1.54, 1.807) is 0 Å². The van der Waals surface area contributed by atoms with Crippen LogP contribution in [0.3, 0.4) is 0 Å². The molecule has 1 unspecified atom stereocenters. The Bertz CT molecular complexity index is 491. The van der Waals surface area contributed by atoms with Crippen LogP contribution in [0.25, 0.3) is 0 Å². The van der Waals surface area contributed by atoms with Gasteiger partial charge in [-0.15, -0.1) is 0 Å². The minimum absolute atomic E-state index is 0.0540. The third-order valence-electron chi connectivity index (χ3n) is 3.41. The van der Waals surface area contributed by atoms with E-state index in [-0.39, 0.29) is 13.0 Å². The lowest BCUT2D eigenvalue weighted by Crippen LogP contribution is -2.52. The molecule has 0 spiro atoms. The molecule has 0 heterocycles. The van der Waals surface area contributed by atoms with Crippen molar-refractivity contribution in [3.63, 3.8) is 0 Å². The molecule has 21 heavy (non-hydrogen) atoms. The average Bonchev–Trinajstić information content (AvgIpc) is 2.22. The molecule has 0 aromatic rings. The van der Waals surface area contributed by atoms with E-state index in [9.17, 15) is 18.0 Å². The molecule has 0 aliphatic heterocycles. The summed E-state index contributed by atoms with van der Waals surface area (Å²) in [4.78, 5) is 22.7. The number of hydrogen-bond acceptors (Lipinski definition) is 4. The monoisotopic (exact) mass is 322 g/mol. The highest BCUT2D eigenvalue weighted by Crippen LogP contribution is 2.21. The van der Waals surface area contributed by atoms with Crippen LogP contribution in [0, 0.1) is 5.41 Å². The molecule has 1 atom stereocenters. The topological polar surface area (TPSA) is 113 Å². The van der Waals surface area contributed by atoms with Gasteiger partial charge in [0.1, 0.15) is 0 Å². The minimum atomic E-state index is -3.31. The van der Waals surface area contributed by atoms with Crippen molar-refractivity contribution in [2.45, 2.75) is 51.8 Å². The normalized spacial score (nSPS) is 14.4. The van der Waals surface area contributed by atoms with E-state index in [1.807, 2.05) is 20.8 Å². The number of carboxylic acid groups (broad SMARTS) is 1. The summed E-state index contributed by atoms with van der Waals surface area (Å²) >= 11 is 0. The lowest BCUT2D eigenvalue weighted by Gasteiger charge is -2.31. The lowest BCUT2D eigenvalue weighted by atomic mass is 9.85. The molecule has 7 nitrogen and oxygen atoms in total. The molecular weight excluding hydrogens is 296 g/mol. The van der Waals surface area contributed by atoms with E-state index >= 15 is 0 Å². The van der Waals surface area contributed by atoms with E-state index in [2.05, 4.69) is 10.6 Å². The molecule has 8 heteroatoms. The summed E-state index contributed by atoms with van der Waals surface area (Å²) in [5.74, 6) is -1.01. The summed E-state index contributed by atoms with van der Waals surface area (Å²) < 4.78 is 22.0. The number of amides is 2. The van der Waals surface area contributed by atoms with Crippen LogP contribution in [0.4, 0.5) is 4.79 Å². The van der Waals surface area contributed by atoms with E-state index in [0.717, 1.165) is 6.26 Å². The van der Waals surface area contributed by atoms with E-state index in [1.165, 1.54) is 13.8 Å². The molecule has 0 radical (unpaired) electrons. The number of nitrogens with one attached hydrogen (secondary N) is 2. The number of carbonyl (C=O) groups is 2. The quantitative estimate of drug-likeness (QED) is 0.675. The van der Waals surface area contributed by atoms with Gasteiger partial charge >= 0.3 is 12.0 Å². The van der Waals surface area contributed by atoms with Gasteiger partial charge in [0, 0.05) is 18.8 Å². The molecule has 2 amide bonds. The first kappa shape index (κ1) is 19.7. The molecule has 0 aromatic carbocycles. The largest absolute Gasteiger partial charge is 0.481 e. The fourth-order valence-corrected chi connectivity index (χ4v) is 1.72. The molecule has 0 aliphatic rings. The van der Waals surface area contributed by atoms with Crippen molar-refractivity contribution in [1.82, 2.24) is 10.6 Å². The highest BCUT2D eigenvalue weighted by atomic mass is 32.2. The third-order valence-corrected chi connectivity index (χ3v) is 5.56. The van der Waals surface area contributed by atoms with Gasteiger partial charge in [-0.2, -0.15) is 0 Å². The Balaban J connectivity index is 4.71. The van der Waals surface area contributed by atoms with E-state index in [0.29, 0.717) is 0 Å². The van der Waals surface area contributed by atoms with Gasteiger partial charge in [-0.3, -0.25) is 4.79 Å². The number of sulfone groups is 1. The molecule has 0 aromatic heterocycles. The van der Waals surface area contributed by atoms with Gasteiger partial charge in [-0.25, -0.2) is 13.2 Å². The van der Waals surface area contributed by atoms with Crippen LogP contribution < -0.4 is 10.6 Å². The zero-order valence-electron chi connectivity index (χ0n) is 13.5. The van der Waals surface area contributed by atoms with Gasteiger partial charge in [0.15, 0.2) is 9.84 Å². The Hall–Kier alpha value is -1.31. The van der Waals surface area contributed by atoms with Crippen molar-refractivity contribution in [3.05, 3.63) is 0 Å². The van der Waals surface area contributed by atoms with Crippen LogP contribution in [-0.2, 0) is 14.6 Å². The Kier molecular flexibility index (Phi) is 6.22. The summed E-state index contributed by atoms with van der Waals surface area (Å²) in [6.07, 6.45) is 0.904. The molecule has 0 fully saturated rings. The Morgan fingerprint density at radius 3 is 1.95 bits per heavy atom. The van der Waals surface area contributed by atoms with Crippen molar-refractivity contribution < 1.29 is 23.1 Å². The maximum atomic E-state index is 11.8. The van der Waals surface area contributed by atoms with Crippen molar-refractivity contribution in [1.29, 1.82) is 0 Å². The molecular formula is C13H26N2O5S. The predicted octanol–water partition coefficient (Wildman–Crippen LogP) is 0.998. The second-order valence-corrected chi connectivity index (χ2v) is 9.52. The number of carbonyl (C=O) groups excluding carboxylic acids is 1. The van der Waals surface area contributed by atoms with Crippen LogP contribution in [-0.4, -0.2) is 49.1 Å². The fraction of sp³-hybridized carbons (Fsp3) is 0.846. The van der Waals surface area contributed by atoms with Crippen molar-refractivity contribution >= 4 is 21.8 Å². The number of hydrogen-bond donors (Lipinski definition) is 3. The zero-order valence-corrected chi connectivity index (χ0v) is 14.3. The number of carboxylic acids is 1. The predicted molar refractivity (Wildman–Crippen MR) is 81.0 cm³/mol. The van der Waals surface area contributed by atoms with Gasteiger partial charge in [0.25, 0.3) is 0 Å². The molecule has 124 valence electrons. The minimum Gasteiger partial charge on any atom is -0.481 e. The standard InChI is InChI=1S/C13H26N2O5S/c1-12(2,3)9(7-10(16)17)15-11(18)14-8-13(4,5)21(6,19)20/h9H,7-8H2,1-6H3,(H,16,17)(H2,14,15,18). The van der Waals surface area contributed by atoms with Crippen molar-refractivity contribution in [3.8, 4) is 0 Å². The number of rotatable bonds is 6. The smallest absolute Gasteiger partial charge is 0.315 e. The van der Waals surface area contributed by atoms with Crippen molar-refractivity contribution in [2.75, 3.05) is 12.8 Å². The Morgan fingerprint density at radius 2 is 1.62 bits per heavy atom. The number of aliphatic carboxylic acids is 1. The highest BCUT2D eigenvalue weighted by Gasteiger charge is 2.32. The average molecular weight is 322 g/mol. The maximum absolute atomic E-state index is 11.8. The first-order chi connectivity index (χ1) is 9.17. The highest BCUT2D eigenvalue weighted by molar-refractivity contribution is 7.92. The molecule has 0 saturated carbocycles. The molecule has 0 rings (SSSR count). The Morgan fingerprint density at radius 1 is 1.14 bits per heavy atom. The third kappa shape index (κ3) is 6.79. The molecule has 3 N–H and O–H groups in total. The van der Waals surface area contributed by atoms with E-state index in [4.69, 9.17) is 5.11 Å². The summed E-state index contributed by atoms with van der Waals surface area (Å²) in [6.45, 7) is 8.44. The van der Waals surface area contributed by atoms with Crippen LogP contribution in [0.5, 0.6) is 0 Å². The fourth-order valence-electron chi connectivity index (χ4n) is 1.38. The van der Waals surface area contributed by atoms with Gasteiger partial charge in [-0.05, 0) is 19.3 Å². The Labute approximate surface area is 126 Å². The van der Waals surface area contributed by atoms with Crippen LogP contribution in [0.1, 0.15) is 41.0 Å². The van der Waals surface area contributed by atoms with Crippen LogP contribution in [0.2, 0.25) is 0 Å². The van der Waals surface area contributed by atoms with Crippen LogP contribution >= 0.6 is 0 Å². The van der Waals surface area contributed by atoms with Crippen molar-refractivity contribution in [2.24, 2.45) is 5.41 Å². The lowest BCUT2D eigenvalue weighted by molar-refractivity contribution is -0.138. The van der Waals surface area contributed by atoms with Gasteiger partial charge in [0.05, 0.1) is 11.2 Å². The first-order valence-corrected chi connectivity index (χ1v) is 8.52. The summed E-state index contributed by atoms with van der Waals surface area (Å²) in [6, 6.07) is -1.13. The SMILES string of the molecule is CC(C)(C)C(CC(=O)O)NC(=O)NCC(C)(C)S(C)(=O)=O. The van der Waals surface area contributed by atoms with Gasteiger partial charge in [-0.1, -0.05) is 20.8 Å². The molecule has 0 aliphatic carbocycles. The van der Waals surface area contributed by atoms with Gasteiger partial charge in [0.2, 0.25) is 0 Å². The first-order valence-electron chi connectivity index (χ1n) is 6.62.